The van der Waals surface area contributed by atoms with Gasteiger partial charge >= 0.3 is 0 Å². The fraction of sp³-hybridized carbons (Fsp3) is 0.286. The van der Waals surface area contributed by atoms with Crippen LogP contribution in [-0.4, -0.2) is 29.1 Å². The molecule has 0 radical (unpaired) electrons. The molecule has 2 N–H and O–H groups in total. The highest BCUT2D eigenvalue weighted by atomic mass is 32.2. The maximum Gasteiger partial charge on any atom is 0.226 e. The molecule has 4 rings (SSSR count). The molecule has 27 heavy (non-hydrogen) atoms. The van der Waals surface area contributed by atoms with Crippen LogP contribution < -0.4 is 10.6 Å². The van der Waals surface area contributed by atoms with Crippen molar-refractivity contribution >= 4 is 17.7 Å². The van der Waals surface area contributed by atoms with Crippen LogP contribution >= 0.6 is 11.8 Å². The molecule has 5 nitrogen and oxygen atoms in total. The van der Waals surface area contributed by atoms with E-state index in [4.69, 9.17) is 5.26 Å². The Morgan fingerprint density at radius 3 is 2.26 bits per heavy atom. The van der Waals surface area contributed by atoms with Gasteiger partial charge in [0.05, 0.1) is 23.6 Å². The van der Waals surface area contributed by atoms with Crippen molar-refractivity contribution < 1.29 is 4.79 Å². The summed E-state index contributed by atoms with van der Waals surface area (Å²) in [5.41, 5.74) is 3.84. The lowest BCUT2D eigenvalue weighted by Gasteiger charge is -2.25. The average Bonchev–Trinajstić information content (AvgIpc) is 3.33. The summed E-state index contributed by atoms with van der Waals surface area (Å²) in [4.78, 5) is 12.1. The van der Waals surface area contributed by atoms with E-state index >= 15 is 0 Å². The first kappa shape index (κ1) is 17.6. The summed E-state index contributed by atoms with van der Waals surface area (Å²) in [5, 5.41) is 24.5. The van der Waals surface area contributed by atoms with E-state index in [1.54, 1.807) is 12.1 Å². The van der Waals surface area contributed by atoms with E-state index in [0.29, 0.717) is 12.0 Å². The topological polar surface area (TPSA) is 88.7 Å². The quantitative estimate of drug-likeness (QED) is 0.785. The van der Waals surface area contributed by atoms with Gasteiger partial charge in [-0.1, -0.05) is 36.4 Å². The number of benzene rings is 2. The first-order valence-corrected chi connectivity index (χ1v) is 9.71. The van der Waals surface area contributed by atoms with E-state index in [2.05, 4.69) is 22.8 Å². The summed E-state index contributed by atoms with van der Waals surface area (Å²) in [6.45, 7) is 1.44. The molecule has 2 aromatic rings. The molecule has 1 unspecified atom stereocenters. The number of carbonyl (C=O) groups excluding carboxylic acids is 1. The molecular formula is C21H18N4OS. The maximum atomic E-state index is 12.1. The van der Waals surface area contributed by atoms with Crippen LogP contribution in [0.5, 0.6) is 0 Å². The van der Waals surface area contributed by atoms with Gasteiger partial charge in [0.1, 0.15) is 10.1 Å². The van der Waals surface area contributed by atoms with Gasteiger partial charge in [-0.3, -0.25) is 4.79 Å². The Balaban J connectivity index is 1.41. The fourth-order valence-corrected chi connectivity index (χ4v) is 4.18. The van der Waals surface area contributed by atoms with Gasteiger partial charge in [0.25, 0.3) is 0 Å². The first-order chi connectivity index (χ1) is 13.1. The van der Waals surface area contributed by atoms with Crippen LogP contribution in [0.3, 0.4) is 0 Å². The highest BCUT2D eigenvalue weighted by molar-refractivity contribution is 8.09. The highest BCUT2D eigenvalue weighted by Gasteiger charge is 2.57. The molecule has 2 heterocycles. The van der Waals surface area contributed by atoms with Gasteiger partial charge in [0.2, 0.25) is 5.91 Å². The predicted octanol–water partition coefficient (Wildman–Crippen LogP) is 2.44. The van der Waals surface area contributed by atoms with Crippen molar-refractivity contribution in [2.24, 2.45) is 5.92 Å². The second-order valence-corrected chi connectivity index (χ2v) is 8.36. The molecule has 6 heteroatoms. The summed E-state index contributed by atoms with van der Waals surface area (Å²) in [6.07, 6.45) is 0.607. The largest absolute Gasteiger partial charge is 0.341 e. The number of rotatable bonds is 5. The van der Waals surface area contributed by atoms with Crippen molar-refractivity contribution in [1.29, 1.82) is 10.5 Å². The molecule has 2 aliphatic heterocycles. The minimum Gasteiger partial charge on any atom is -0.341 e. The first-order valence-electron chi connectivity index (χ1n) is 8.83. The number of hydrogen-bond donors (Lipinski definition) is 2. The number of nitrogens with one attached hydrogen (secondary N) is 2. The molecule has 0 spiro atoms. The van der Waals surface area contributed by atoms with Gasteiger partial charge in [-0.15, -0.1) is 11.8 Å². The fourth-order valence-electron chi connectivity index (χ4n) is 3.16. The molecule has 2 fully saturated rings. The third kappa shape index (κ3) is 3.55. The van der Waals surface area contributed by atoms with E-state index < -0.39 is 4.75 Å². The Hall–Kier alpha value is -2.80. The van der Waals surface area contributed by atoms with Crippen LogP contribution in [0.4, 0.5) is 0 Å². The Morgan fingerprint density at radius 2 is 1.74 bits per heavy atom. The minimum atomic E-state index is -0.567. The smallest absolute Gasteiger partial charge is 0.226 e. The molecule has 0 saturated carbocycles. The van der Waals surface area contributed by atoms with Gasteiger partial charge in [0, 0.05) is 19.5 Å². The van der Waals surface area contributed by atoms with E-state index in [9.17, 15) is 10.1 Å². The Bertz CT molecular complexity index is 938. The van der Waals surface area contributed by atoms with Crippen molar-refractivity contribution in [3.05, 3.63) is 59.7 Å². The number of thioether (sulfide) groups is 1. The number of carbonyl (C=O) groups is 1. The highest BCUT2D eigenvalue weighted by Crippen LogP contribution is 2.53. The van der Waals surface area contributed by atoms with Crippen molar-refractivity contribution in [3.63, 3.8) is 0 Å². The second-order valence-electron chi connectivity index (χ2n) is 6.93. The third-order valence-electron chi connectivity index (χ3n) is 5.08. The lowest BCUT2D eigenvalue weighted by atomic mass is 9.96. The van der Waals surface area contributed by atoms with E-state index in [-0.39, 0.29) is 17.2 Å². The zero-order chi connectivity index (χ0) is 18.9. The zero-order valence-corrected chi connectivity index (χ0v) is 15.4. The summed E-state index contributed by atoms with van der Waals surface area (Å²) in [5.74, 6) is 0.0776. The van der Waals surface area contributed by atoms with E-state index in [1.165, 1.54) is 11.8 Å². The number of hydrogen-bond acceptors (Lipinski definition) is 5. The number of nitriles is 2. The van der Waals surface area contributed by atoms with Crippen LogP contribution in [0.2, 0.25) is 0 Å². The standard InChI is InChI=1S/C21H18N4OS/c22-10-15-3-7-17(8-4-15)16-5-1-14(2-6-16)9-21(13-23)20(27-21)25-19(26)18-11-24-12-18/h1-8,18,20,24H,9,11-12H2,(H,25,26)/t20?,21-/m0/s1. The van der Waals surface area contributed by atoms with E-state index in [1.807, 2.05) is 36.4 Å². The third-order valence-corrected chi connectivity index (χ3v) is 6.47. The Kier molecular flexibility index (Phi) is 4.61. The van der Waals surface area contributed by atoms with Crippen LogP contribution in [-0.2, 0) is 11.2 Å². The lowest BCUT2D eigenvalue weighted by molar-refractivity contribution is -0.126. The van der Waals surface area contributed by atoms with Crippen LogP contribution in [0.15, 0.2) is 48.5 Å². The summed E-state index contributed by atoms with van der Waals surface area (Å²) < 4.78 is -0.567. The van der Waals surface area contributed by atoms with E-state index in [0.717, 1.165) is 29.8 Å². The molecule has 0 aromatic heterocycles. The maximum absolute atomic E-state index is 12.1. The molecule has 2 aromatic carbocycles. The molecule has 0 bridgehead atoms. The number of nitrogens with zero attached hydrogens (tertiary/aromatic N) is 2. The van der Waals surface area contributed by atoms with Gasteiger partial charge in [-0.25, -0.2) is 0 Å². The minimum absolute atomic E-state index is 0.0364. The molecule has 2 aliphatic rings. The van der Waals surface area contributed by atoms with Crippen molar-refractivity contribution in [1.82, 2.24) is 10.6 Å². The summed E-state index contributed by atoms with van der Waals surface area (Å²) in [6, 6.07) is 20.1. The normalized spacial score (nSPS) is 23.6. The molecule has 2 atom stereocenters. The Morgan fingerprint density at radius 1 is 1.11 bits per heavy atom. The number of amides is 1. The van der Waals surface area contributed by atoms with Crippen molar-refractivity contribution in [2.75, 3.05) is 13.1 Å². The summed E-state index contributed by atoms with van der Waals surface area (Å²) in [7, 11) is 0. The van der Waals surface area contributed by atoms with Crippen LogP contribution in [0.25, 0.3) is 11.1 Å². The van der Waals surface area contributed by atoms with Gasteiger partial charge < -0.3 is 10.6 Å². The zero-order valence-electron chi connectivity index (χ0n) is 14.6. The molecule has 0 aliphatic carbocycles. The molecule has 2 saturated heterocycles. The van der Waals surface area contributed by atoms with Crippen LogP contribution in [0.1, 0.15) is 11.1 Å². The summed E-state index contributed by atoms with van der Waals surface area (Å²) >= 11 is 1.52. The van der Waals surface area contributed by atoms with Gasteiger partial charge in [-0.05, 0) is 28.8 Å². The SMILES string of the molecule is N#Cc1ccc(-c2ccc(C[C@@]3(C#N)SC3NC(=O)C3CNC3)cc2)cc1. The second kappa shape index (κ2) is 7.08. The monoisotopic (exact) mass is 374 g/mol. The molecule has 134 valence electrons. The molecule has 1 amide bonds. The Labute approximate surface area is 162 Å². The van der Waals surface area contributed by atoms with Gasteiger partial charge in [-0.2, -0.15) is 10.5 Å². The lowest BCUT2D eigenvalue weighted by Crippen LogP contribution is -2.51. The van der Waals surface area contributed by atoms with Crippen molar-refractivity contribution in [3.8, 4) is 23.3 Å². The average molecular weight is 374 g/mol. The molecular weight excluding hydrogens is 356 g/mol. The van der Waals surface area contributed by atoms with Crippen LogP contribution in [0, 0.1) is 28.6 Å². The predicted molar refractivity (Wildman–Crippen MR) is 105 cm³/mol. The van der Waals surface area contributed by atoms with Crippen molar-refractivity contribution in [2.45, 2.75) is 16.5 Å². The van der Waals surface area contributed by atoms with Gasteiger partial charge in [0.15, 0.2) is 0 Å².